The van der Waals surface area contributed by atoms with Crippen LogP contribution in [0.15, 0.2) is 12.3 Å². The molecule has 13 heavy (non-hydrogen) atoms. The minimum atomic E-state index is -0.329. The Bertz CT molecular complexity index is 347. The lowest BCUT2D eigenvalue weighted by Gasteiger charge is -2.01. The zero-order valence-electron chi connectivity index (χ0n) is 7.15. The number of hydrogen-bond donors (Lipinski definition) is 1. The van der Waals surface area contributed by atoms with E-state index in [1.807, 2.05) is 0 Å². The molecule has 1 aromatic rings. The summed E-state index contributed by atoms with van der Waals surface area (Å²) in [5.74, 6) is -0.606. The summed E-state index contributed by atoms with van der Waals surface area (Å²) in [7, 11) is 0. The van der Waals surface area contributed by atoms with Crippen molar-refractivity contribution in [1.29, 1.82) is 0 Å². The van der Waals surface area contributed by atoms with Gasteiger partial charge < -0.3 is 5.11 Å². The molecule has 1 N–H and O–H groups in total. The van der Waals surface area contributed by atoms with Crippen LogP contribution in [-0.4, -0.2) is 22.2 Å². The highest BCUT2D eigenvalue weighted by Crippen LogP contribution is 2.19. The molecule has 0 saturated carbocycles. The maximum atomic E-state index is 11.2. The van der Waals surface area contributed by atoms with Gasteiger partial charge in [-0.1, -0.05) is 6.92 Å². The summed E-state index contributed by atoms with van der Waals surface area (Å²) in [4.78, 5) is 25.3. The lowest BCUT2D eigenvalue weighted by Crippen LogP contribution is -2.02. The fourth-order valence-electron chi connectivity index (χ4n) is 0.935. The van der Waals surface area contributed by atoms with E-state index in [2.05, 4.69) is 4.98 Å². The number of hydrogen-bond acceptors (Lipinski definition) is 4. The van der Waals surface area contributed by atoms with Gasteiger partial charge in [-0.05, 0) is 6.07 Å². The maximum absolute atomic E-state index is 11.2. The van der Waals surface area contributed by atoms with Gasteiger partial charge in [-0.15, -0.1) is 0 Å². The molecule has 0 unspecified atom stereocenters. The van der Waals surface area contributed by atoms with Gasteiger partial charge in [0.05, 0.1) is 5.56 Å². The van der Waals surface area contributed by atoms with E-state index in [1.54, 1.807) is 6.92 Å². The first-order chi connectivity index (χ1) is 6.20. The SMILES string of the molecule is CCC(=O)c1nccc(C=O)c1O. The molecule has 0 aliphatic carbocycles. The Kier molecular flexibility index (Phi) is 2.74. The summed E-state index contributed by atoms with van der Waals surface area (Å²) in [5.41, 5.74) is 0.0545. The topological polar surface area (TPSA) is 67.3 Å². The Morgan fingerprint density at radius 3 is 2.92 bits per heavy atom. The van der Waals surface area contributed by atoms with E-state index in [4.69, 9.17) is 0 Å². The number of carbonyl (C=O) groups excluding carboxylic acids is 2. The average Bonchev–Trinajstić information content (AvgIpc) is 2.17. The van der Waals surface area contributed by atoms with Crippen LogP contribution in [0.25, 0.3) is 0 Å². The van der Waals surface area contributed by atoms with Gasteiger partial charge in [0.25, 0.3) is 0 Å². The van der Waals surface area contributed by atoms with Gasteiger partial charge in [-0.3, -0.25) is 9.59 Å². The van der Waals surface area contributed by atoms with Crippen molar-refractivity contribution in [2.45, 2.75) is 13.3 Å². The lowest BCUT2D eigenvalue weighted by molar-refractivity contribution is 0.0980. The molecule has 0 spiro atoms. The smallest absolute Gasteiger partial charge is 0.184 e. The molecule has 0 aliphatic rings. The van der Waals surface area contributed by atoms with E-state index >= 15 is 0 Å². The molecule has 0 bridgehead atoms. The monoisotopic (exact) mass is 179 g/mol. The predicted molar refractivity (Wildman–Crippen MR) is 45.9 cm³/mol. The van der Waals surface area contributed by atoms with E-state index in [1.165, 1.54) is 12.3 Å². The van der Waals surface area contributed by atoms with Crippen molar-refractivity contribution in [2.24, 2.45) is 0 Å². The minimum absolute atomic E-state index is 0.0351. The van der Waals surface area contributed by atoms with Crippen molar-refractivity contribution < 1.29 is 14.7 Å². The Hall–Kier alpha value is -1.71. The van der Waals surface area contributed by atoms with Crippen LogP contribution in [0.1, 0.15) is 34.2 Å². The number of nitrogens with zero attached hydrogens (tertiary/aromatic N) is 1. The van der Waals surface area contributed by atoms with E-state index < -0.39 is 0 Å². The van der Waals surface area contributed by atoms with E-state index in [-0.39, 0.29) is 29.2 Å². The molecule has 0 atom stereocenters. The van der Waals surface area contributed by atoms with Gasteiger partial charge in [-0.25, -0.2) is 4.98 Å². The molecule has 0 fully saturated rings. The van der Waals surface area contributed by atoms with Gasteiger partial charge in [0.2, 0.25) is 0 Å². The van der Waals surface area contributed by atoms with Gasteiger partial charge in [-0.2, -0.15) is 0 Å². The number of aromatic nitrogens is 1. The van der Waals surface area contributed by atoms with Crippen molar-refractivity contribution in [3.05, 3.63) is 23.5 Å². The first-order valence-corrected chi connectivity index (χ1v) is 3.87. The predicted octanol–water partition coefficient (Wildman–Crippen LogP) is 1.19. The Labute approximate surface area is 75.2 Å². The van der Waals surface area contributed by atoms with E-state index in [0.717, 1.165) is 0 Å². The molecule has 0 amide bonds. The fourth-order valence-corrected chi connectivity index (χ4v) is 0.935. The van der Waals surface area contributed by atoms with Crippen LogP contribution in [0.5, 0.6) is 5.75 Å². The molecule has 0 saturated heterocycles. The van der Waals surface area contributed by atoms with Crippen LogP contribution < -0.4 is 0 Å². The lowest BCUT2D eigenvalue weighted by atomic mass is 10.1. The number of ketones is 1. The molecular formula is C9H9NO3. The summed E-state index contributed by atoms with van der Waals surface area (Å²) < 4.78 is 0. The summed E-state index contributed by atoms with van der Waals surface area (Å²) >= 11 is 0. The van der Waals surface area contributed by atoms with Crippen LogP contribution in [0, 0.1) is 0 Å². The van der Waals surface area contributed by atoms with Crippen molar-refractivity contribution >= 4 is 12.1 Å². The van der Waals surface area contributed by atoms with Crippen LogP contribution in [0.4, 0.5) is 0 Å². The van der Waals surface area contributed by atoms with Crippen LogP contribution in [0.2, 0.25) is 0 Å². The highest BCUT2D eigenvalue weighted by Gasteiger charge is 2.13. The number of pyridine rings is 1. The third kappa shape index (κ3) is 1.72. The van der Waals surface area contributed by atoms with Crippen LogP contribution in [0.3, 0.4) is 0 Å². The molecular weight excluding hydrogens is 170 g/mol. The number of aldehydes is 1. The van der Waals surface area contributed by atoms with E-state index in [0.29, 0.717) is 6.29 Å². The molecule has 1 heterocycles. The van der Waals surface area contributed by atoms with E-state index in [9.17, 15) is 14.7 Å². The molecule has 0 aliphatic heterocycles. The molecule has 1 rings (SSSR count). The first-order valence-electron chi connectivity index (χ1n) is 3.87. The summed E-state index contributed by atoms with van der Waals surface area (Å²) in [6.45, 7) is 1.66. The molecule has 0 aromatic carbocycles. The summed E-state index contributed by atoms with van der Waals surface area (Å²) in [5, 5.41) is 9.38. The molecule has 4 heteroatoms. The summed E-state index contributed by atoms with van der Waals surface area (Å²) in [6.07, 6.45) is 2.07. The molecule has 1 aromatic heterocycles. The Morgan fingerprint density at radius 1 is 1.69 bits per heavy atom. The zero-order valence-corrected chi connectivity index (χ0v) is 7.15. The van der Waals surface area contributed by atoms with Crippen molar-refractivity contribution in [2.75, 3.05) is 0 Å². The second-order valence-electron chi connectivity index (χ2n) is 2.49. The van der Waals surface area contributed by atoms with Crippen molar-refractivity contribution in [3.8, 4) is 5.75 Å². The zero-order chi connectivity index (χ0) is 9.84. The van der Waals surface area contributed by atoms with Crippen LogP contribution >= 0.6 is 0 Å². The Balaban J connectivity index is 3.23. The number of carbonyl (C=O) groups is 2. The second-order valence-corrected chi connectivity index (χ2v) is 2.49. The average molecular weight is 179 g/mol. The van der Waals surface area contributed by atoms with Crippen LogP contribution in [-0.2, 0) is 0 Å². The highest BCUT2D eigenvalue weighted by atomic mass is 16.3. The fraction of sp³-hybridized carbons (Fsp3) is 0.222. The molecule has 68 valence electrons. The third-order valence-corrected chi connectivity index (χ3v) is 1.67. The van der Waals surface area contributed by atoms with Crippen molar-refractivity contribution in [1.82, 2.24) is 4.98 Å². The normalized spacial score (nSPS) is 9.62. The molecule has 4 nitrogen and oxygen atoms in total. The summed E-state index contributed by atoms with van der Waals surface area (Å²) in [6, 6.07) is 1.36. The number of rotatable bonds is 3. The number of aromatic hydroxyl groups is 1. The third-order valence-electron chi connectivity index (χ3n) is 1.67. The molecule has 0 radical (unpaired) electrons. The van der Waals surface area contributed by atoms with Crippen molar-refractivity contribution in [3.63, 3.8) is 0 Å². The maximum Gasteiger partial charge on any atom is 0.184 e. The quantitative estimate of drug-likeness (QED) is 0.559. The standard InChI is InChI=1S/C9H9NO3/c1-2-7(12)8-9(13)6(5-11)3-4-10-8/h3-5,13H,2H2,1H3. The first kappa shape index (κ1) is 9.38. The van der Waals surface area contributed by atoms with Gasteiger partial charge >= 0.3 is 0 Å². The number of Topliss-reactive ketones (excluding diaryl/α,β-unsaturated/α-hetero) is 1. The minimum Gasteiger partial charge on any atom is -0.505 e. The van der Waals surface area contributed by atoms with Gasteiger partial charge in [0, 0.05) is 12.6 Å². The van der Waals surface area contributed by atoms with Gasteiger partial charge in [0.15, 0.2) is 17.8 Å². The highest BCUT2D eigenvalue weighted by molar-refractivity contribution is 5.98. The van der Waals surface area contributed by atoms with Gasteiger partial charge in [0.1, 0.15) is 5.69 Å². The largest absolute Gasteiger partial charge is 0.505 e. The Morgan fingerprint density at radius 2 is 2.38 bits per heavy atom. The second kappa shape index (κ2) is 3.80.